The van der Waals surface area contributed by atoms with Crippen LogP contribution >= 0.6 is 11.6 Å². The number of aromatic nitrogens is 2. The van der Waals surface area contributed by atoms with E-state index in [0.29, 0.717) is 5.15 Å². The van der Waals surface area contributed by atoms with E-state index in [9.17, 15) is 0 Å². The van der Waals surface area contributed by atoms with Crippen LogP contribution in [0.4, 0.5) is 11.5 Å². The molecule has 20 heavy (non-hydrogen) atoms. The first-order chi connectivity index (χ1) is 9.76. The van der Waals surface area contributed by atoms with Gasteiger partial charge in [-0.25, -0.2) is 9.97 Å². The Morgan fingerprint density at radius 2 is 2.05 bits per heavy atom. The summed E-state index contributed by atoms with van der Waals surface area (Å²) in [6.45, 7) is 8.50. The molecule has 0 atom stereocenters. The van der Waals surface area contributed by atoms with Crippen LogP contribution < -0.4 is 10.2 Å². The molecule has 0 aromatic carbocycles. The molecule has 1 N–H and O–H groups in total. The van der Waals surface area contributed by atoms with Crippen molar-refractivity contribution in [3.63, 3.8) is 0 Å². The molecule has 0 saturated carbocycles. The molecule has 2 heterocycles. The molecule has 0 unspecified atom stereocenters. The number of nitrogens with one attached hydrogen (secondary N) is 1. The highest BCUT2D eigenvalue weighted by atomic mass is 35.5. The summed E-state index contributed by atoms with van der Waals surface area (Å²) < 4.78 is 5.40. The summed E-state index contributed by atoms with van der Waals surface area (Å²) in [6.07, 6.45) is 1.51. The van der Waals surface area contributed by atoms with Gasteiger partial charge in [0.1, 0.15) is 12.0 Å². The molecular weight excluding hydrogens is 278 g/mol. The van der Waals surface area contributed by atoms with Crippen molar-refractivity contribution in [2.75, 3.05) is 63.2 Å². The molecule has 7 heteroatoms. The van der Waals surface area contributed by atoms with Crippen LogP contribution in [-0.4, -0.2) is 67.9 Å². The molecule has 0 radical (unpaired) electrons. The Morgan fingerprint density at radius 1 is 1.30 bits per heavy atom. The van der Waals surface area contributed by atoms with Crippen LogP contribution in [0.5, 0.6) is 0 Å². The topological polar surface area (TPSA) is 53.5 Å². The summed E-state index contributed by atoms with van der Waals surface area (Å²) in [7, 11) is 1.84. The van der Waals surface area contributed by atoms with Crippen molar-refractivity contribution in [3.05, 3.63) is 11.5 Å². The Bertz CT molecular complexity index is 423. The highest BCUT2D eigenvalue weighted by Crippen LogP contribution is 2.29. The smallest absolute Gasteiger partial charge is 0.157 e. The number of rotatable bonds is 6. The Hall–Kier alpha value is -1.11. The predicted molar refractivity (Wildman–Crippen MR) is 81.7 cm³/mol. The lowest BCUT2D eigenvalue weighted by Gasteiger charge is -2.36. The molecule has 1 saturated heterocycles. The van der Waals surface area contributed by atoms with E-state index >= 15 is 0 Å². The minimum atomic E-state index is 0.469. The van der Waals surface area contributed by atoms with E-state index < -0.39 is 0 Å². The molecule has 1 aliphatic rings. The number of piperazine rings is 1. The van der Waals surface area contributed by atoms with Crippen LogP contribution in [-0.2, 0) is 4.74 Å². The summed E-state index contributed by atoms with van der Waals surface area (Å²) in [5.41, 5.74) is 0.803. The number of hydrogen-bond acceptors (Lipinski definition) is 6. The fraction of sp³-hybridized carbons (Fsp3) is 0.692. The minimum absolute atomic E-state index is 0.469. The zero-order valence-corrected chi connectivity index (χ0v) is 12.9. The second-order valence-corrected chi connectivity index (χ2v) is 5.00. The standard InChI is InChI=1S/C13H22ClN5O/c1-3-20-9-8-18-4-6-19(7-5-18)13-11(15-2)12(14)16-10-17-13/h10,15H,3-9H2,1-2H3. The van der Waals surface area contributed by atoms with Gasteiger partial charge < -0.3 is 15.0 Å². The maximum absolute atomic E-state index is 6.09. The largest absolute Gasteiger partial charge is 0.383 e. The lowest BCUT2D eigenvalue weighted by atomic mass is 10.3. The van der Waals surface area contributed by atoms with Crippen molar-refractivity contribution in [1.82, 2.24) is 14.9 Å². The van der Waals surface area contributed by atoms with Crippen LogP contribution in [0.25, 0.3) is 0 Å². The lowest BCUT2D eigenvalue weighted by molar-refractivity contribution is 0.111. The monoisotopic (exact) mass is 299 g/mol. The number of ether oxygens (including phenoxy) is 1. The zero-order chi connectivity index (χ0) is 14.4. The van der Waals surface area contributed by atoms with Gasteiger partial charge in [-0.1, -0.05) is 11.6 Å². The van der Waals surface area contributed by atoms with Gasteiger partial charge in [-0.3, -0.25) is 4.90 Å². The third-order valence-corrected chi connectivity index (χ3v) is 3.75. The molecule has 6 nitrogen and oxygen atoms in total. The van der Waals surface area contributed by atoms with Crippen molar-refractivity contribution in [2.45, 2.75) is 6.92 Å². The van der Waals surface area contributed by atoms with Gasteiger partial charge in [0.05, 0.1) is 6.61 Å². The number of anilines is 2. The van der Waals surface area contributed by atoms with E-state index in [-0.39, 0.29) is 0 Å². The highest BCUT2D eigenvalue weighted by Gasteiger charge is 2.21. The average Bonchev–Trinajstić information content (AvgIpc) is 2.48. The van der Waals surface area contributed by atoms with Gasteiger partial charge >= 0.3 is 0 Å². The van der Waals surface area contributed by atoms with Gasteiger partial charge in [0.2, 0.25) is 0 Å². The van der Waals surface area contributed by atoms with Crippen LogP contribution in [0.1, 0.15) is 6.92 Å². The molecule has 0 spiro atoms. The van der Waals surface area contributed by atoms with E-state index in [1.807, 2.05) is 14.0 Å². The molecule has 1 aromatic heterocycles. The van der Waals surface area contributed by atoms with E-state index in [4.69, 9.17) is 16.3 Å². The SMILES string of the molecule is CCOCCN1CCN(c2ncnc(Cl)c2NC)CC1. The Labute approximate surface area is 125 Å². The summed E-state index contributed by atoms with van der Waals surface area (Å²) in [5.74, 6) is 0.886. The van der Waals surface area contributed by atoms with Gasteiger partial charge in [-0.05, 0) is 6.92 Å². The number of halogens is 1. The zero-order valence-electron chi connectivity index (χ0n) is 12.1. The van der Waals surface area contributed by atoms with Crippen molar-refractivity contribution in [2.24, 2.45) is 0 Å². The van der Waals surface area contributed by atoms with E-state index in [2.05, 4.69) is 25.1 Å². The predicted octanol–water partition coefficient (Wildman–Crippen LogP) is 1.33. The molecule has 112 valence electrons. The van der Waals surface area contributed by atoms with Gasteiger partial charge in [0, 0.05) is 46.4 Å². The van der Waals surface area contributed by atoms with Crippen LogP contribution in [0, 0.1) is 0 Å². The minimum Gasteiger partial charge on any atom is -0.383 e. The van der Waals surface area contributed by atoms with Crippen molar-refractivity contribution in [3.8, 4) is 0 Å². The van der Waals surface area contributed by atoms with Gasteiger partial charge in [-0.2, -0.15) is 0 Å². The third kappa shape index (κ3) is 3.71. The molecule has 0 aliphatic carbocycles. The number of nitrogens with zero attached hydrogens (tertiary/aromatic N) is 4. The summed E-state index contributed by atoms with van der Waals surface area (Å²) in [6, 6.07) is 0. The Kier molecular flexibility index (Phi) is 5.82. The van der Waals surface area contributed by atoms with Crippen molar-refractivity contribution in [1.29, 1.82) is 0 Å². The first kappa shape index (κ1) is 15.3. The molecule has 2 rings (SSSR count). The maximum atomic E-state index is 6.09. The summed E-state index contributed by atoms with van der Waals surface area (Å²) >= 11 is 6.09. The molecular formula is C13H22ClN5O. The molecule has 1 aromatic rings. The molecule has 1 fully saturated rings. The van der Waals surface area contributed by atoms with Gasteiger partial charge in [0.25, 0.3) is 0 Å². The quantitative estimate of drug-likeness (QED) is 0.632. The average molecular weight is 300 g/mol. The second-order valence-electron chi connectivity index (χ2n) is 4.64. The van der Waals surface area contributed by atoms with Gasteiger partial charge in [0.15, 0.2) is 11.0 Å². The molecule has 0 amide bonds. The van der Waals surface area contributed by atoms with E-state index in [1.54, 1.807) is 0 Å². The van der Waals surface area contributed by atoms with Crippen molar-refractivity contribution < 1.29 is 4.74 Å². The normalized spacial score (nSPS) is 16.4. The fourth-order valence-electron chi connectivity index (χ4n) is 2.33. The van der Waals surface area contributed by atoms with Crippen LogP contribution in [0.15, 0.2) is 6.33 Å². The molecule has 1 aliphatic heterocycles. The lowest BCUT2D eigenvalue weighted by Crippen LogP contribution is -2.47. The summed E-state index contributed by atoms with van der Waals surface area (Å²) in [5, 5.41) is 3.55. The maximum Gasteiger partial charge on any atom is 0.157 e. The van der Waals surface area contributed by atoms with E-state index in [0.717, 1.165) is 57.4 Å². The Balaban J connectivity index is 1.92. The first-order valence-corrected chi connectivity index (χ1v) is 7.37. The second kappa shape index (κ2) is 7.61. The van der Waals surface area contributed by atoms with Gasteiger partial charge in [-0.15, -0.1) is 0 Å². The fourth-order valence-corrected chi connectivity index (χ4v) is 2.55. The third-order valence-electron chi connectivity index (χ3n) is 3.46. The Morgan fingerprint density at radius 3 is 2.70 bits per heavy atom. The van der Waals surface area contributed by atoms with Crippen LogP contribution in [0.2, 0.25) is 5.15 Å². The first-order valence-electron chi connectivity index (χ1n) is 6.99. The number of hydrogen-bond donors (Lipinski definition) is 1. The summed E-state index contributed by atoms with van der Waals surface area (Å²) in [4.78, 5) is 13.0. The highest BCUT2D eigenvalue weighted by molar-refractivity contribution is 6.32. The van der Waals surface area contributed by atoms with Crippen LogP contribution in [0.3, 0.4) is 0 Å². The van der Waals surface area contributed by atoms with E-state index in [1.165, 1.54) is 6.33 Å². The molecule has 0 bridgehead atoms. The van der Waals surface area contributed by atoms with Crippen molar-refractivity contribution >= 4 is 23.1 Å².